The van der Waals surface area contributed by atoms with Gasteiger partial charge in [0, 0.05) is 58.6 Å². The second-order valence-electron chi connectivity index (χ2n) is 8.43. The van der Waals surface area contributed by atoms with Crippen molar-refractivity contribution in [1.82, 2.24) is 19.8 Å². The Morgan fingerprint density at radius 3 is 2.47 bits per heavy atom. The first-order chi connectivity index (χ1) is 15.7. The maximum Gasteiger partial charge on any atom is 0.347 e. The van der Waals surface area contributed by atoms with Gasteiger partial charge in [0.05, 0.1) is 29.7 Å². The molecule has 1 aromatic carbocycles. The number of piperazine rings is 1. The Bertz CT molecular complexity index is 1130. The van der Waals surface area contributed by atoms with Crippen LogP contribution in [0.5, 0.6) is 0 Å². The number of hydrogen-bond acceptors (Lipinski definition) is 8. The number of hydrogen-bond donors (Lipinski definition) is 0. The molecule has 8 heteroatoms. The Morgan fingerprint density at radius 1 is 0.938 bits per heavy atom. The summed E-state index contributed by atoms with van der Waals surface area (Å²) in [5.74, 6) is 1.15. The summed E-state index contributed by atoms with van der Waals surface area (Å²) < 4.78 is 11.1. The van der Waals surface area contributed by atoms with Crippen molar-refractivity contribution in [3.63, 3.8) is 0 Å². The molecule has 0 aliphatic carbocycles. The van der Waals surface area contributed by atoms with Gasteiger partial charge < -0.3 is 14.1 Å². The lowest BCUT2D eigenvalue weighted by Crippen LogP contribution is -2.49. The molecule has 0 N–H and O–H groups in total. The van der Waals surface area contributed by atoms with Gasteiger partial charge in [0.1, 0.15) is 5.82 Å². The summed E-state index contributed by atoms with van der Waals surface area (Å²) in [6.07, 6.45) is 1.78. The zero-order chi connectivity index (χ0) is 21.9. The molecule has 2 saturated heterocycles. The van der Waals surface area contributed by atoms with Gasteiger partial charge in [-0.2, -0.15) is 0 Å². The minimum Gasteiger partial charge on any atom is -0.403 e. The molecule has 0 spiro atoms. The van der Waals surface area contributed by atoms with Crippen molar-refractivity contribution in [2.75, 3.05) is 70.5 Å². The van der Waals surface area contributed by atoms with Gasteiger partial charge in [0.2, 0.25) is 5.89 Å². The smallest absolute Gasteiger partial charge is 0.347 e. The van der Waals surface area contributed by atoms with Gasteiger partial charge in [-0.15, -0.1) is 0 Å². The van der Waals surface area contributed by atoms with Crippen LogP contribution in [0.25, 0.3) is 22.4 Å². The second-order valence-corrected chi connectivity index (χ2v) is 8.43. The highest BCUT2D eigenvalue weighted by molar-refractivity contribution is 5.82. The third kappa shape index (κ3) is 4.39. The van der Waals surface area contributed by atoms with Gasteiger partial charge in [-0.1, -0.05) is 12.1 Å². The Hall–Kier alpha value is -2.81. The molecule has 168 valence electrons. The Balaban J connectivity index is 1.31. The molecule has 32 heavy (non-hydrogen) atoms. The van der Waals surface area contributed by atoms with E-state index in [0.29, 0.717) is 16.8 Å². The molecule has 0 radical (unpaired) electrons. The predicted molar refractivity (Wildman–Crippen MR) is 124 cm³/mol. The van der Waals surface area contributed by atoms with E-state index in [1.807, 2.05) is 37.3 Å². The van der Waals surface area contributed by atoms with Crippen LogP contribution in [0.4, 0.5) is 5.82 Å². The van der Waals surface area contributed by atoms with Gasteiger partial charge >= 0.3 is 5.63 Å². The molecule has 0 bridgehead atoms. The van der Waals surface area contributed by atoms with Crippen LogP contribution in [-0.4, -0.2) is 85.3 Å². The molecular formula is C24H29N5O3. The van der Waals surface area contributed by atoms with Crippen LogP contribution in [-0.2, 0) is 4.74 Å². The lowest BCUT2D eigenvalue weighted by atomic mass is 10.1. The van der Waals surface area contributed by atoms with Gasteiger partial charge in [0.15, 0.2) is 0 Å². The molecule has 0 unspecified atom stereocenters. The summed E-state index contributed by atoms with van der Waals surface area (Å²) in [6, 6.07) is 9.45. The van der Waals surface area contributed by atoms with Crippen molar-refractivity contribution < 1.29 is 9.15 Å². The quantitative estimate of drug-likeness (QED) is 0.603. The molecule has 2 fully saturated rings. The average Bonchev–Trinajstić information content (AvgIpc) is 2.83. The molecule has 0 atom stereocenters. The van der Waals surface area contributed by atoms with Crippen LogP contribution < -0.4 is 10.5 Å². The average molecular weight is 436 g/mol. The van der Waals surface area contributed by atoms with Crippen molar-refractivity contribution >= 4 is 16.7 Å². The Morgan fingerprint density at radius 2 is 1.69 bits per heavy atom. The summed E-state index contributed by atoms with van der Waals surface area (Å²) in [6.45, 7) is 11.5. The number of benzene rings is 1. The van der Waals surface area contributed by atoms with Crippen LogP contribution in [0.3, 0.4) is 0 Å². The van der Waals surface area contributed by atoms with E-state index in [1.54, 1.807) is 6.20 Å². The Kier molecular flexibility index (Phi) is 6.16. The minimum absolute atomic E-state index is 0.325. The molecule has 2 aromatic heterocycles. The van der Waals surface area contributed by atoms with Crippen molar-refractivity contribution in [1.29, 1.82) is 0 Å². The van der Waals surface area contributed by atoms with Crippen LogP contribution in [0.2, 0.25) is 0 Å². The summed E-state index contributed by atoms with van der Waals surface area (Å²) in [5.41, 5.74) is 1.93. The highest BCUT2D eigenvalue weighted by Crippen LogP contribution is 2.29. The first kappa shape index (κ1) is 21.1. The number of aromatic nitrogens is 2. The van der Waals surface area contributed by atoms with Gasteiger partial charge in [-0.05, 0) is 30.7 Å². The monoisotopic (exact) mass is 435 g/mol. The first-order valence-electron chi connectivity index (χ1n) is 11.3. The number of nitrogens with zero attached hydrogens (tertiary/aromatic N) is 5. The fourth-order valence-electron chi connectivity index (χ4n) is 4.50. The maximum absolute atomic E-state index is 12.7. The predicted octanol–water partition coefficient (Wildman–Crippen LogP) is 2.01. The molecule has 8 nitrogen and oxygen atoms in total. The van der Waals surface area contributed by atoms with Crippen molar-refractivity contribution in [2.24, 2.45) is 0 Å². The van der Waals surface area contributed by atoms with Crippen LogP contribution in [0, 0.1) is 6.92 Å². The molecule has 3 aromatic rings. The zero-order valence-electron chi connectivity index (χ0n) is 18.5. The number of ether oxygens (including phenoxy) is 1. The summed E-state index contributed by atoms with van der Waals surface area (Å²) in [4.78, 5) is 29.2. The number of pyridine rings is 1. The van der Waals surface area contributed by atoms with Crippen LogP contribution >= 0.6 is 0 Å². The lowest BCUT2D eigenvalue weighted by Gasteiger charge is -2.37. The molecule has 2 aliphatic rings. The zero-order valence-corrected chi connectivity index (χ0v) is 18.5. The fraction of sp³-hybridized carbons (Fsp3) is 0.458. The minimum atomic E-state index is -0.356. The van der Waals surface area contributed by atoms with E-state index in [0.717, 1.165) is 82.5 Å². The first-order valence-corrected chi connectivity index (χ1v) is 11.3. The van der Waals surface area contributed by atoms with E-state index in [9.17, 15) is 4.79 Å². The van der Waals surface area contributed by atoms with Crippen molar-refractivity contribution in [3.8, 4) is 11.5 Å². The standard InChI is InChI=1S/C24H29N5O3/c1-18-4-2-6-20-21(18)24(30)32-23(26-20)19-5-3-7-25-22(19)29-12-10-27(11-13-29)8-9-28-14-16-31-17-15-28/h2-7H,8-17H2,1H3. The van der Waals surface area contributed by atoms with E-state index >= 15 is 0 Å². The summed E-state index contributed by atoms with van der Waals surface area (Å²) in [7, 11) is 0. The van der Waals surface area contributed by atoms with E-state index in [2.05, 4.69) is 24.7 Å². The number of fused-ring (bicyclic) bond motifs is 1. The molecule has 5 rings (SSSR count). The van der Waals surface area contributed by atoms with Crippen molar-refractivity contribution in [3.05, 3.63) is 52.5 Å². The highest BCUT2D eigenvalue weighted by atomic mass is 16.5. The third-order valence-corrected chi connectivity index (χ3v) is 6.39. The van der Waals surface area contributed by atoms with E-state index in [4.69, 9.17) is 9.15 Å². The highest BCUT2D eigenvalue weighted by Gasteiger charge is 2.23. The molecular weight excluding hydrogens is 406 g/mol. The van der Waals surface area contributed by atoms with E-state index in [1.165, 1.54) is 0 Å². The molecule has 0 saturated carbocycles. The normalized spacial score (nSPS) is 18.3. The number of aryl methyl sites for hydroxylation is 1. The van der Waals surface area contributed by atoms with Gasteiger partial charge in [-0.3, -0.25) is 9.80 Å². The topological polar surface area (TPSA) is 74.9 Å². The van der Waals surface area contributed by atoms with Crippen LogP contribution in [0.15, 0.2) is 45.7 Å². The lowest BCUT2D eigenvalue weighted by molar-refractivity contribution is 0.0331. The molecule has 2 aliphatic heterocycles. The second kappa shape index (κ2) is 9.36. The van der Waals surface area contributed by atoms with E-state index in [-0.39, 0.29) is 5.63 Å². The largest absolute Gasteiger partial charge is 0.403 e. The van der Waals surface area contributed by atoms with Crippen LogP contribution in [0.1, 0.15) is 5.56 Å². The Labute approximate surface area is 187 Å². The van der Waals surface area contributed by atoms with Gasteiger partial charge in [0.25, 0.3) is 0 Å². The SMILES string of the molecule is Cc1cccc2nc(-c3cccnc3N3CCN(CCN4CCOCC4)CC3)oc(=O)c12. The number of anilines is 1. The number of morpholine rings is 1. The number of rotatable bonds is 5. The summed E-state index contributed by atoms with van der Waals surface area (Å²) >= 11 is 0. The van der Waals surface area contributed by atoms with E-state index < -0.39 is 0 Å². The fourth-order valence-corrected chi connectivity index (χ4v) is 4.50. The molecule has 4 heterocycles. The third-order valence-electron chi connectivity index (χ3n) is 6.39. The van der Waals surface area contributed by atoms with Gasteiger partial charge in [-0.25, -0.2) is 14.8 Å². The van der Waals surface area contributed by atoms with Crippen molar-refractivity contribution in [2.45, 2.75) is 6.92 Å². The molecule has 0 amide bonds. The maximum atomic E-state index is 12.7. The summed E-state index contributed by atoms with van der Waals surface area (Å²) in [5, 5.41) is 0.538.